The second-order valence-corrected chi connectivity index (χ2v) is 6.16. The minimum Gasteiger partial charge on any atom is -0.481 e. The summed E-state index contributed by atoms with van der Waals surface area (Å²) in [6, 6.07) is 8.13. The summed E-state index contributed by atoms with van der Waals surface area (Å²) in [5.74, 6) is -2.21. The Balaban J connectivity index is 2.73. The molecule has 0 aliphatic rings. The number of nitrogens with two attached hydrogens (primary N) is 1. The molecule has 0 aromatic heterocycles. The zero-order valence-corrected chi connectivity index (χ0v) is 14.2. The van der Waals surface area contributed by atoms with Crippen LogP contribution in [0, 0.1) is 0 Å². The summed E-state index contributed by atoms with van der Waals surface area (Å²) < 4.78 is 0. The number of carboxylic acids is 1. The molecule has 0 unspecified atom stereocenters. The third kappa shape index (κ3) is 5.66. The SMILES string of the molecule is CC[C@H](NC(=O)C(C)(C)NC(=O)[C@@H](N)CC(=O)O)c1ccccc1. The fourth-order valence-electron chi connectivity index (χ4n) is 2.18. The molecule has 1 rings (SSSR count). The van der Waals surface area contributed by atoms with Gasteiger partial charge in [0.25, 0.3) is 0 Å². The van der Waals surface area contributed by atoms with Crippen LogP contribution in [-0.2, 0) is 14.4 Å². The largest absolute Gasteiger partial charge is 0.481 e. The zero-order chi connectivity index (χ0) is 18.3. The Kier molecular flexibility index (Phi) is 6.91. The van der Waals surface area contributed by atoms with Crippen LogP contribution >= 0.6 is 0 Å². The third-order valence-electron chi connectivity index (χ3n) is 3.65. The van der Waals surface area contributed by atoms with E-state index in [1.165, 1.54) is 0 Å². The van der Waals surface area contributed by atoms with Crippen molar-refractivity contribution in [2.24, 2.45) is 5.73 Å². The Labute approximate surface area is 141 Å². The number of hydrogen-bond acceptors (Lipinski definition) is 4. The molecule has 0 aliphatic heterocycles. The lowest BCUT2D eigenvalue weighted by Crippen LogP contribution is -2.58. The van der Waals surface area contributed by atoms with E-state index < -0.39 is 29.9 Å². The maximum absolute atomic E-state index is 12.5. The molecule has 7 heteroatoms. The predicted molar refractivity (Wildman–Crippen MR) is 90.1 cm³/mol. The summed E-state index contributed by atoms with van der Waals surface area (Å²) in [6.45, 7) is 5.04. The molecule has 132 valence electrons. The summed E-state index contributed by atoms with van der Waals surface area (Å²) in [4.78, 5) is 35.1. The molecule has 0 saturated heterocycles. The van der Waals surface area contributed by atoms with Crippen molar-refractivity contribution in [1.29, 1.82) is 0 Å². The Bertz CT molecular complexity index is 587. The molecule has 1 aromatic carbocycles. The van der Waals surface area contributed by atoms with Crippen molar-refractivity contribution in [3.8, 4) is 0 Å². The molecular formula is C17H25N3O4. The third-order valence-corrected chi connectivity index (χ3v) is 3.65. The molecule has 0 aliphatic carbocycles. The molecule has 24 heavy (non-hydrogen) atoms. The maximum Gasteiger partial charge on any atom is 0.305 e. The molecule has 7 nitrogen and oxygen atoms in total. The second-order valence-electron chi connectivity index (χ2n) is 6.16. The molecule has 0 saturated carbocycles. The Morgan fingerprint density at radius 3 is 2.29 bits per heavy atom. The van der Waals surface area contributed by atoms with Gasteiger partial charge >= 0.3 is 5.97 Å². The molecule has 0 heterocycles. The molecule has 0 bridgehead atoms. The minimum atomic E-state index is -1.21. The first-order valence-corrected chi connectivity index (χ1v) is 7.82. The number of carbonyl (C=O) groups excluding carboxylic acids is 2. The molecule has 0 spiro atoms. The van der Waals surface area contributed by atoms with Gasteiger partial charge in [-0.2, -0.15) is 0 Å². The van der Waals surface area contributed by atoms with Gasteiger partial charge in [-0.15, -0.1) is 0 Å². The van der Waals surface area contributed by atoms with Crippen molar-refractivity contribution in [3.63, 3.8) is 0 Å². The molecule has 2 amide bonds. The van der Waals surface area contributed by atoms with Crippen LogP contribution in [0.3, 0.4) is 0 Å². The van der Waals surface area contributed by atoms with Crippen LogP contribution in [-0.4, -0.2) is 34.5 Å². The molecule has 0 fully saturated rings. The van der Waals surface area contributed by atoms with E-state index in [0.717, 1.165) is 5.56 Å². The minimum absolute atomic E-state index is 0.178. The smallest absolute Gasteiger partial charge is 0.305 e. The lowest BCUT2D eigenvalue weighted by molar-refractivity contribution is -0.140. The number of benzene rings is 1. The number of rotatable bonds is 8. The van der Waals surface area contributed by atoms with Gasteiger partial charge in [0.15, 0.2) is 0 Å². The molecular weight excluding hydrogens is 310 g/mol. The Hall–Kier alpha value is -2.41. The van der Waals surface area contributed by atoms with Crippen molar-refractivity contribution < 1.29 is 19.5 Å². The van der Waals surface area contributed by atoms with E-state index in [0.29, 0.717) is 6.42 Å². The van der Waals surface area contributed by atoms with Gasteiger partial charge in [-0.05, 0) is 25.8 Å². The first kappa shape index (κ1) is 19.6. The van der Waals surface area contributed by atoms with Crippen LogP contribution in [0.4, 0.5) is 0 Å². The van der Waals surface area contributed by atoms with Crippen LogP contribution in [0.5, 0.6) is 0 Å². The van der Waals surface area contributed by atoms with Gasteiger partial charge in [0.1, 0.15) is 5.54 Å². The predicted octanol–water partition coefficient (Wildman–Crippen LogP) is 0.951. The molecule has 1 aromatic rings. The summed E-state index contributed by atoms with van der Waals surface area (Å²) in [5, 5.41) is 14.1. The zero-order valence-electron chi connectivity index (χ0n) is 14.2. The molecule has 2 atom stereocenters. The van der Waals surface area contributed by atoms with Crippen molar-refractivity contribution in [3.05, 3.63) is 35.9 Å². The van der Waals surface area contributed by atoms with E-state index in [9.17, 15) is 14.4 Å². The lowest BCUT2D eigenvalue weighted by atomic mass is 9.99. The standard InChI is InChI=1S/C17H25N3O4/c1-4-13(11-8-6-5-7-9-11)19-16(24)17(2,3)20-15(23)12(18)10-14(21)22/h5-9,12-13H,4,10,18H2,1-3H3,(H,19,24)(H,20,23)(H,21,22)/t12-,13-/m0/s1. The van der Waals surface area contributed by atoms with Gasteiger partial charge in [0.05, 0.1) is 18.5 Å². The van der Waals surface area contributed by atoms with Gasteiger partial charge < -0.3 is 21.5 Å². The van der Waals surface area contributed by atoms with Crippen LogP contribution in [0.1, 0.15) is 45.2 Å². The highest BCUT2D eigenvalue weighted by Gasteiger charge is 2.32. The summed E-state index contributed by atoms with van der Waals surface area (Å²) in [7, 11) is 0. The first-order chi connectivity index (χ1) is 11.2. The van der Waals surface area contributed by atoms with Crippen LogP contribution in [0.2, 0.25) is 0 Å². The Morgan fingerprint density at radius 1 is 1.21 bits per heavy atom. The lowest BCUT2D eigenvalue weighted by Gasteiger charge is -2.29. The normalized spacial score (nSPS) is 13.7. The number of carboxylic acid groups (broad SMARTS) is 1. The van der Waals surface area contributed by atoms with Crippen molar-refractivity contribution in [2.45, 2.75) is 51.2 Å². The fraction of sp³-hybridized carbons (Fsp3) is 0.471. The van der Waals surface area contributed by atoms with E-state index >= 15 is 0 Å². The summed E-state index contributed by atoms with van der Waals surface area (Å²) in [6.07, 6.45) is 0.198. The maximum atomic E-state index is 12.5. The first-order valence-electron chi connectivity index (χ1n) is 7.82. The number of nitrogens with one attached hydrogen (secondary N) is 2. The highest BCUT2D eigenvalue weighted by atomic mass is 16.4. The van der Waals surface area contributed by atoms with Crippen molar-refractivity contribution >= 4 is 17.8 Å². The van der Waals surface area contributed by atoms with Gasteiger partial charge in [-0.25, -0.2) is 0 Å². The van der Waals surface area contributed by atoms with Gasteiger partial charge in [0, 0.05) is 0 Å². The van der Waals surface area contributed by atoms with Crippen molar-refractivity contribution in [1.82, 2.24) is 10.6 Å². The van der Waals surface area contributed by atoms with E-state index in [1.54, 1.807) is 13.8 Å². The van der Waals surface area contributed by atoms with Crippen LogP contribution in [0.25, 0.3) is 0 Å². The van der Waals surface area contributed by atoms with Crippen LogP contribution < -0.4 is 16.4 Å². The topological polar surface area (TPSA) is 122 Å². The highest BCUT2D eigenvalue weighted by Crippen LogP contribution is 2.17. The number of amides is 2. The van der Waals surface area contributed by atoms with E-state index in [4.69, 9.17) is 10.8 Å². The van der Waals surface area contributed by atoms with Gasteiger partial charge in [0.2, 0.25) is 11.8 Å². The van der Waals surface area contributed by atoms with Gasteiger partial charge in [-0.1, -0.05) is 37.3 Å². The average Bonchev–Trinajstić information content (AvgIpc) is 2.52. The average molecular weight is 335 g/mol. The monoisotopic (exact) mass is 335 g/mol. The van der Waals surface area contributed by atoms with E-state index in [1.807, 2.05) is 37.3 Å². The van der Waals surface area contributed by atoms with E-state index in [2.05, 4.69) is 10.6 Å². The second kappa shape index (κ2) is 8.44. The summed E-state index contributed by atoms with van der Waals surface area (Å²) >= 11 is 0. The molecule has 0 radical (unpaired) electrons. The number of hydrogen-bond donors (Lipinski definition) is 4. The fourth-order valence-corrected chi connectivity index (χ4v) is 2.18. The highest BCUT2D eigenvalue weighted by molar-refractivity contribution is 5.93. The number of carbonyl (C=O) groups is 3. The summed E-state index contributed by atoms with van der Waals surface area (Å²) in [5.41, 5.74) is 5.28. The van der Waals surface area contributed by atoms with E-state index in [-0.39, 0.29) is 11.9 Å². The van der Waals surface area contributed by atoms with Gasteiger partial charge in [-0.3, -0.25) is 14.4 Å². The van der Waals surface area contributed by atoms with Crippen molar-refractivity contribution in [2.75, 3.05) is 0 Å². The molecule has 5 N–H and O–H groups in total. The quantitative estimate of drug-likeness (QED) is 0.563. The van der Waals surface area contributed by atoms with Crippen LogP contribution in [0.15, 0.2) is 30.3 Å². The number of aliphatic carboxylic acids is 1. The Morgan fingerprint density at radius 2 is 1.79 bits per heavy atom.